The van der Waals surface area contributed by atoms with Gasteiger partial charge in [0.05, 0.1) is 18.0 Å². The number of fused-ring (bicyclic) bond motifs is 1. The molecule has 0 spiro atoms. The molecule has 0 saturated carbocycles. The molecule has 7 nitrogen and oxygen atoms in total. The SMILES string of the molecule is COc1cccc(CN2CCC(NC(=O)CCn3c(=S)[nH]c4ccccc4c3=O)CC2)c1. The molecule has 1 amide bonds. The Balaban J connectivity index is 1.27. The Morgan fingerprint density at radius 2 is 1.97 bits per heavy atom. The van der Waals surface area contributed by atoms with Crippen molar-refractivity contribution in [2.24, 2.45) is 0 Å². The maximum absolute atomic E-state index is 12.7. The number of H-pyrrole nitrogens is 1. The second-order valence-electron chi connectivity index (χ2n) is 8.15. The number of ether oxygens (including phenoxy) is 1. The van der Waals surface area contributed by atoms with E-state index in [4.69, 9.17) is 17.0 Å². The molecule has 3 aromatic rings. The smallest absolute Gasteiger partial charge is 0.262 e. The normalized spacial score (nSPS) is 15.0. The van der Waals surface area contributed by atoms with Crippen molar-refractivity contribution in [3.8, 4) is 5.75 Å². The quantitative estimate of drug-likeness (QED) is 0.538. The maximum atomic E-state index is 12.7. The first-order chi connectivity index (χ1) is 15.5. The zero-order valence-corrected chi connectivity index (χ0v) is 19.0. The van der Waals surface area contributed by atoms with Crippen LogP contribution in [0.1, 0.15) is 24.8 Å². The third-order valence-corrected chi connectivity index (χ3v) is 6.27. The van der Waals surface area contributed by atoms with Crippen molar-refractivity contribution >= 4 is 29.0 Å². The second kappa shape index (κ2) is 10.1. The van der Waals surface area contributed by atoms with Gasteiger partial charge in [-0.1, -0.05) is 24.3 Å². The van der Waals surface area contributed by atoms with Gasteiger partial charge < -0.3 is 15.0 Å². The Morgan fingerprint density at radius 1 is 1.19 bits per heavy atom. The molecule has 1 aliphatic rings. The second-order valence-corrected chi connectivity index (χ2v) is 8.54. The molecule has 0 atom stereocenters. The fourth-order valence-corrected chi connectivity index (χ4v) is 4.46. The van der Waals surface area contributed by atoms with E-state index in [1.165, 1.54) is 10.1 Å². The minimum absolute atomic E-state index is 0.0503. The largest absolute Gasteiger partial charge is 0.497 e. The van der Waals surface area contributed by atoms with Crippen LogP contribution in [0, 0.1) is 4.77 Å². The lowest BCUT2D eigenvalue weighted by atomic mass is 10.0. The van der Waals surface area contributed by atoms with E-state index in [0.717, 1.165) is 38.2 Å². The molecular formula is C24H28N4O3S. The van der Waals surface area contributed by atoms with Crippen LogP contribution in [0.3, 0.4) is 0 Å². The van der Waals surface area contributed by atoms with E-state index >= 15 is 0 Å². The van der Waals surface area contributed by atoms with Crippen LogP contribution in [0.4, 0.5) is 0 Å². The summed E-state index contributed by atoms with van der Waals surface area (Å²) in [5.74, 6) is 0.820. The predicted molar refractivity (Wildman–Crippen MR) is 127 cm³/mol. The van der Waals surface area contributed by atoms with Gasteiger partial charge in [-0.05, 0) is 54.9 Å². The number of likely N-dealkylation sites (tertiary alicyclic amines) is 1. The number of hydrogen-bond donors (Lipinski definition) is 2. The number of carbonyl (C=O) groups is 1. The average Bonchev–Trinajstić information content (AvgIpc) is 2.80. The Hall–Kier alpha value is -2.97. The number of methoxy groups -OCH3 is 1. The number of hydrogen-bond acceptors (Lipinski definition) is 5. The highest BCUT2D eigenvalue weighted by Crippen LogP contribution is 2.17. The number of carbonyl (C=O) groups excluding carboxylic acids is 1. The van der Waals surface area contributed by atoms with Gasteiger partial charge in [-0.3, -0.25) is 19.1 Å². The molecule has 1 aliphatic heterocycles. The topological polar surface area (TPSA) is 79.4 Å². The van der Waals surface area contributed by atoms with Crippen molar-refractivity contribution in [3.05, 3.63) is 69.2 Å². The van der Waals surface area contributed by atoms with Gasteiger partial charge in [-0.2, -0.15) is 0 Å². The third kappa shape index (κ3) is 5.26. The van der Waals surface area contributed by atoms with E-state index in [1.54, 1.807) is 13.2 Å². The number of aromatic amines is 1. The number of amides is 1. The molecule has 2 aromatic carbocycles. The summed E-state index contributed by atoms with van der Waals surface area (Å²) in [5, 5.41) is 3.70. The van der Waals surface area contributed by atoms with Crippen molar-refractivity contribution < 1.29 is 9.53 Å². The molecule has 0 radical (unpaired) electrons. The van der Waals surface area contributed by atoms with E-state index in [9.17, 15) is 9.59 Å². The van der Waals surface area contributed by atoms with Crippen molar-refractivity contribution in [2.45, 2.75) is 38.4 Å². The van der Waals surface area contributed by atoms with Crippen molar-refractivity contribution in [3.63, 3.8) is 0 Å². The summed E-state index contributed by atoms with van der Waals surface area (Å²) in [7, 11) is 1.68. The van der Waals surface area contributed by atoms with Gasteiger partial charge in [0.25, 0.3) is 5.56 Å². The first-order valence-corrected chi connectivity index (χ1v) is 11.3. The van der Waals surface area contributed by atoms with Crippen LogP contribution in [0.25, 0.3) is 10.9 Å². The van der Waals surface area contributed by atoms with Gasteiger partial charge in [0.1, 0.15) is 5.75 Å². The first-order valence-electron chi connectivity index (χ1n) is 10.9. The standard InChI is InChI=1S/C24H28N4O3S/c1-31-19-6-4-5-17(15-19)16-27-12-9-18(10-13-27)25-22(29)11-14-28-23(30)20-7-2-3-8-21(20)26-24(28)32/h2-8,15,18H,9-14,16H2,1H3,(H,25,29)(H,26,32). The monoisotopic (exact) mass is 452 g/mol. The molecule has 2 heterocycles. The molecule has 1 aromatic heterocycles. The summed E-state index contributed by atoms with van der Waals surface area (Å²) < 4.78 is 7.11. The van der Waals surface area contributed by atoms with Crippen LogP contribution in [0.15, 0.2) is 53.3 Å². The summed E-state index contributed by atoms with van der Waals surface area (Å²) >= 11 is 5.33. The van der Waals surface area contributed by atoms with Crippen LogP contribution < -0.4 is 15.6 Å². The Bertz CT molecular complexity index is 1210. The summed E-state index contributed by atoms with van der Waals surface area (Å²) in [4.78, 5) is 30.7. The Labute approximate surface area is 192 Å². The van der Waals surface area contributed by atoms with Gasteiger partial charge in [-0.15, -0.1) is 0 Å². The van der Waals surface area contributed by atoms with Crippen molar-refractivity contribution in [2.75, 3.05) is 20.2 Å². The highest BCUT2D eigenvalue weighted by atomic mass is 32.1. The van der Waals surface area contributed by atoms with Gasteiger partial charge >= 0.3 is 0 Å². The molecule has 1 saturated heterocycles. The van der Waals surface area contributed by atoms with Gasteiger partial charge in [-0.25, -0.2) is 0 Å². The van der Waals surface area contributed by atoms with Crippen LogP contribution in [0.5, 0.6) is 5.75 Å². The molecule has 32 heavy (non-hydrogen) atoms. The van der Waals surface area contributed by atoms with Crippen LogP contribution >= 0.6 is 12.2 Å². The zero-order valence-electron chi connectivity index (χ0n) is 18.2. The van der Waals surface area contributed by atoms with Crippen molar-refractivity contribution in [1.29, 1.82) is 0 Å². The fourth-order valence-electron chi connectivity index (χ4n) is 4.18. The highest BCUT2D eigenvalue weighted by Gasteiger charge is 2.21. The molecule has 4 rings (SSSR count). The van der Waals surface area contributed by atoms with Gasteiger partial charge in [0.15, 0.2) is 4.77 Å². The molecule has 0 bridgehead atoms. The Kier molecular flexibility index (Phi) is 7.02. The van der Waals surface area contributed by atoms with E-state index in [-0.39, 0.29) is 30.5 Å². The summed E-state index contributed by atoms with van der Waals surface area (Å²) in [5.41, 5.74) is 1.77. The number of benzene rings is 2. The molecular weight excluding hydrogens is 424 g/mol. The minimum Gasteiger partial charge on any atom is -0.497 e. The number of para-hydroxylation sites is 1. The summed E-state index contributed by atoms with van der Waals surface area (Å²) in [6, 6.07) is 15.5. The third-order valence-electron chi connectivity index (χ3n) is 5.94. The van der Waals surface area contributed by atoms with Gasteiger partial charge in [0.2, 0.25) is 5.91 Å². The lowest BCUT2D eigenvalue weighted by Crippen LogP contribution is -2.44. The lowest BCUT2D eigenvalue weighted by Gasteiger charge is -2.32. The minimum atomic E-state index is -0.164. The predicted octanol–water partition coefficient (Wildman–Crippen LogP) is 3.24. The molecule has 168 valence electrons. The molecule has 0 unspecified atom stereocenters. The van der Waals surface area contributed by atoms with Gasteiger partial charge in [0, 0.05) is 38.6 Å². The summed E-state index contributed by atoms with van der Waals surface area (Å²) in [6.45, 7) is 3.00. The van der Waals surface area contributed by atoms with E-state index in [0.29, 0.717) is 15.7 Å². The van der Waals surface area contributed by atoms with E-state index in [1.807, 2.05) is 30.3 Å². The van der Waals surface area contributed by atoms with Crippen LogP contribution in [-0.4, -0.2) is 46.6 Å². The highest BCUT2D eigenvalue weighted by molar-refractivity contribution is 7.71. The molecule has 2 N–H and O–H groups in total. The lowest BCUT2D eigenvalue weighted by molar-refractivity contribution is -0.122. The zero-order chi connectivity index (χ0) is 22.5. The maximum Gasteiger partial charge on any atom is 0.262 e. The molecule has 8 heteroatoms. The molecule has 1 fully saturated rings. The van der Waals surface area contributed by atoms with E-state index in [2.05, 4.69) is 27.3 Å². The number of aromatic nitrogens is 2. The number of nitrogens with zero attached hydrogens (tertiary/aromatic N) is 2. The fraction of sp³-hybridized carbons (Fsp3) is 0.375. The van der Waals surface area contributed by atoms with Crippen molar-refractivity contribution in [1.82, 2.24) is 19.8 Å². The average molecular weight is 453 g/mol. The number of piperidine rings is 1. The summed E-state index contributed by atoms with van der Waals surface area (Å²) in [6.07, 6.45) is 2.04. The first kappa shape index (κ1) is 22.2. The van der Waals surface area contributed by atoms with Crippen LogP contribution in [-0.2, 0) is 17.9 Å². The van der Waals surface area contributed by atoms with Crippen LogP contribution in [0.2, 0.25) is 0 Å². The number of rotatable bonds is 7. The number of nitrogens with one attached hydrogen (secondary N) is 2. The van der Waals surface area contributed by atoms with E-state index < -0.39 is 0 Å². The Morgan fingerprint density at radius 3 is 2.75 bits per heavy atom. The molecule has 0 aliphatic carbocycles.